The summed E-state index contributed by atoms with van der Waals surface area (Å²) < 4.78 is 1.03. The molecule has 1 N–H and O–H groups in total. The van der Waals surface area contributed by atoms with Crippen molar-refractivity contribution in [2.45, 2.75) is 6.92 Å². The van der Waals surface area contributed by atoms with Crippen LogP contribution in [0.5, 0.6) is 0 Å². The van der Waals surface area contributed by atoms with Crippen molar-refractivity contribution in [3.8, 4) is 0 Å². The maximum Gasteiger partial charge on any atom is 0.275 e. The van der Waals surface area contributed by atoms with Crippen LogP contribution in [0.25, 0.3) is 0 Å². The second kappa shape index (κ2) is 4.57. The van der Waals surface area contributed by atoms with E-state index >= 15 is 0 Å². The summed E-state index contributed by atoms with van der Waals surface area (Å²) in [4.78, 5) is 15.9. The molecule has 0 aromatic heterocycles. The molecule has 1 amide bonds. The maximum absolute atomic E-state index is 11.4. The zero-order valence-electron chi connectivity index (χ0n) is 7.43. The summed E-state index contributed by atoms with van der Waals surface area (Å²) >= 11 is 2.16. The molecule has 0 aliphatic rings. The second-order valence-corrected chi connectivity index (χ2v) is 3.84. The molecule has 0 heterocycles. The fourth-order valence-corrected chi connectivity index (χ4v) is 1.48. The molecular formula is C9H10INO2. The van der Waals surface area contributed by atoms with Gasteiger partial charge in [0.1, 0.15) is 0 Å². The largest absolute Gasteiger partial charge is 0.277 e. The molecule has 0 radical (unpaired) electrons. The number of carbonyl (C=O) groups is 1. The van der Waals surface area contributed by atoms with E-state index in [0.717, 1.165) is 9.13 Å². The lowest BCUT2D eigenvalue weighted by Crippen LogP contribution is -2.22. The molecule has 70 valence electrons. The van der Waals surface area contributed by atoms with Crippen LogP contribution in [0, 0.1) is 10.5 Å². The van der Waals surface area contributed by atoms with Gasteiger partial charge in [-0.2, -0.15) is 0 Å². The third-order valence-corrected chi connectivity index (χ3v) is 2.31. The summed E-state index contributed by atoms with van der Waals surface area (Å²) in [6, 6.07) is 5.69. The fourth-order valence-electron chi connectivity index (χ4n) is 0.987. The Balaban J connectivity index is 2.99. The number of nitrogens with one attached hydrogen (secondary N) is 1. The molecule has 3 nitrogen and oxygen atoms in total. The molecule has 0 fully saturated rings. The lowest BCUT2D eigenvalue weighted by Gasteiger charge is -2.05. The maximum atomic E-state index is 11.4. The Labute approximate surface area is 90.6 Å². The van der Waals surface area contributed by atoms with Crippen LogP contribution in [-0.4, -0.2) is 13.0 Å². The molecule has 0 saturated heterocycles. The van der Waals surface area contributed by atoms with Crippen LogP contribution in [0.4, 0.5) is 0 Å². The Bertz CT molecular complexity index is 325. The van der Waals surface area contributed by atoms with Crippen molar-refractivity contribution >= 4 is 28.5 Å². The van der Waals surface area contributed by atoms with Gasteiger partial charge in [0.15, 0.2) is 0 Å². The van der Waals surface area contributed by atoms with Gasteiger partial charge in [-0.15, -0.1) is 0 Å². The first kappa shape index (κ1) is 10.5. The molecule has 0 bridgehead atoms. The average molecular weight is 291 g/mol. The van der Waals surface area contributed by atoms with E-state index < -0.39 is 0 Å². The normalized spacial score (nSPS) is 9.77. The number of halogens is 1. The van der Waals surface area contributed by atoms with E-state index in [0.29, 0.717) is 5.56 Å². The molecule has 0 aliphatic carbocycles. The van der Waals surface area contributed by atoms with E-state index in [4.69, 9.17) is 0 Å². The number of aryl methyl sites for hydroxylation is 1. The Kier molecular flexibility index (Phi) is 3.68. The minimum Gasteiger partial charge on any atom is -0.277 e. The third-order valence-electron chi connectivity index (χ3n) is 1.64. The molecule has 0 aliphatic heterocycles. The molecule has 0 unspecified atom stereocenters. The molecule has 1 rings (SSSR count). The van der Waals surface area contributed by atoms with Crippen LogP contribution < -0.4 is 5.48 Å². The van der Waals surface area contributed by atoms with Crippen molar-refractivity contribution in [3.05, 3.63) is 32.9 Å². The molecular weight excluding hydrogens is 281 g/mol. The van der Waals surface area contributed by atoms with E-state index in [1.807, 2.05) is 25.1 Å². The molecule has 0 saturated carbocycles. The van der Waals surface area contributed by atoms with Gasteiger partial charge < -0.3 is 0 Å². The average Bonchev–Trinajstić information content (AvgIpc) is 2.09. The van der Waals surface area contributed by atoms with Gasteiger partial charge >= 0.3 is 0 Å². The highest BCUT2D eigenvalue weighted by molar-refractivity contribution is 14.1. The monoisotopic (exact) mass is 291 g/mol. The van der Waals surface area contributed by atoms with Gasteiger partial charge in [0.05, 0.1) is 7.11 Å². The summed E-state index contributed by atoms with van der Waals surface area (Å²) in [6.07, 6.45) is 0. The lowest BCUT2D eigenvalue weighted by molar-refractivity contribution is 0.0537. The van der Waals surface area contributed by atoms with Crippen LogP contribution in [0.2, 0.25) is 0 Å². The first-order chi connectivity index (χ1) is 6.15. The Morgan fingerprint density at radius 1 is 1.54 bits per heavy atom. The minimum atomic E-state index is -0.210. The number of rotatable bonds is 2. The summed E-state index contributed by atoms with van der Waals surface area (Å²) in [6.45, 7) is 1.89. The van der Waals surface area contributed by atoms with Crippen LogP contribution in [0.15, 0.2) is 18.2 Å². The van der Waals surface area contributed by atoms with E-state index in [1.165, 1.54) is 7.11 Å². The number of benzene rings is 1. The van der Waals surface area contributed by atoms with E-state index in [-0.39, 0.29) is 5.91 Å². The highest BCUT2D eigenvalue weighted by atomic mass is 127. The quantitative estimate of drug-likeness (QED) is 0.667. The molecule has 4 heteroatoms. The lowest BCUT2D eigenvalue weighted by atomic mass is 10.1. The predicted molar refractivity (Wildman–Crippen MR) is 58.4 cm³/mol. The Morgan fingerprint density at radius 2 is 2.23 bits per heavy atom. The molecule has 13 heavy (non-hydrogen) atoms. The number of carbonyl (C=O) groups excluding carboxylic acids is 1. The number of hydroxylamine groups is 1. The van der Waals surface area contributed by atoms with Crippen molar-refractivity contribution < 1.29 is 9.63 Å². The van der Waals surface area contributed by atoms with Crippen LogP contribution >= 0.6 is 22.6 Å². The summed E-state index contributed by atoms with van der Waals surface area (Å²) in [5.41, 5.74) is 3.87. The first-order valence-electron chi connectivity index (χ1n) is 3.74. The van der Waals surface area contributed by atoms with E-state index in [1.54, 1.807) is 0 Å². The Morgan fingerprint density at radius 3 is 2.85 bits per heavy atom. The SMILES string of the molecule is CONC(=O)c1cc(I)ccc1C. The topological polar surface area (TPSA) is 38.3 Å². The fraction of sp³-hybridized carbons (Fsp3) is 0.222. The van der Waals surface area contributed by atoms with Crippen molar-refractivity contribution in [1.82, 2.24) is 5.48 Å². The zero-order valence-corrected chi connectivity index (χ0v) is 9.58. The van der Waals surface area contributed by atoms with Gasteiger partial charge in [-0.3, -0.25) is 9.63 Å². The smallest absolute Gasteiger partial charge is 0.275 e. The van der Waals surface area contributed by atoms with Crippen molar-refractivity contribution in [3.63, 3.8) is 0 Å². The Hall–Kier alpha value is -0.620. The summed E-state index contributed by atoms with van der Waals surface area (Å²) in [5.74, 6) is -0.210. The van der Waals surface area contributed by atoms with Crippen molar-refractivity contribution in [2.75, 3.05) is 7.11 Å². The highest BCUT2D eigenvalue weighted by Gasteiger charge is 2.08. The van der Waals surface area contributed by atoms with E-state index in [2.05, 4.69) is 32.9 Å². The number of hydrogen-bond acceptors (Lipinski definition) is 2. The summed E-state index contributed by atoms with van der Waals surface area (Å²) in [7, 11) is 1.42. The van der Waals surface area contributed by atoms with Crippen LogP contribution in [0.1, 0.15) is 15.9 Å². The number of hydrogen-bond donors (Lipinski definition) is 1. The third kappa shape index (κ3) is 2.67. The van der Waals surface area contributed by atoms with Gasteiger partial charge in [-0.1, -0.05) is 6.07 Å². The molecule has 0 atom stereocenters. The van der Waals surface area contributed by atoms with Gasteiger partial charge in [0, 0.05) is 9.13 Å². The van der Waals surface area contributed by atoms with Crippen LogP contribution in [-0.2, 0) is 4.84 Å². The predicted octanol–water partition coefficient (Wildman–Crippen LogP) is 1.89. The molecule has 1 aromatic rings. The number of amides is 1. The standard InChI is InChI=1S/C9H10INO2/c1-6-3-4-7(10)5-8(6)9(12)11-13-2/h3-5H,1-2H3,(H,11,12). The van der Waals surface area contributed by atoms with Gasteiger partial charge in [-0.25, -0.2) is 5.48 Å². The highest BCUT2D eigenvalue weighted by Crippen LogP contribution is 2.12. The molecule has 1 aromatic carbocycles. The van der Waals surface area contributed by atoms with Crippen LogP contribution in [0.3, 0.4) is 0 Å². The van der Waals surface area contributed by atoms with Crippen molar-refractivity contribution in [2.24, 2.45) is 0 Å². The minimum absolute atomic E-state index is 0.210. The molecule has 0 spiro atoms. The zero-order chi connectivity index (χ0) is 9.84. The second-order valence-electron chi connectivity index (χ2n) is 2.59. The van der Waals surface area contributed by atoms with Gasteiger partial charge in [-0.05, 0) is 47.2 Å². The van der Waals surface area contributed by atoms with Crippen molar-refractivity contribution in [1.29, 1.82) is 0 Å². The van der Waals surface area contributed by atoms with Gasteiger partial charge in [0.2, 0.25) is 0 Å². The summed E-state index contributed by atoms with van der Waals surface area (Å²) in [5, 5.41) is 0. The first-order valence-corrected chi connectivity index (χ1v) is 4.82. The van der Waals surface area contributed by atoms with E-state index in [9.17, 15) is 4.79 Å². The van der Waals surface area contributed by atoms with Gasteiger partial charge in [0.25, 0.3) is 5.91 Å².